The average molecular weight is 286 g/mol. The number of benzene rings is 2. The predicted molar refractivity (Wildman–Crippen MR) is 74.7 cm³/mol. The lowest BCUT2D eigenvalue weighted by atomic mass is 10.1. The van der Waals surface area contributed by atoms with Gasteiger partial charge in [0.15, 0.2) is 0 Å². The number of nitrogens with zero attached hydrogens (tertiary/aromatic N) is 2. The molecule has 106 valence electrons. The zero-order valence-electron chi connectivity index (χ0n) is 11.1. The van der Waals surface area contributed by atoms with Crippen molar-refractivity contribution in [3.05, 3.63) is 65.7 Å². The molecule has 0 aromatic heterocycles. The van der Waals surface area contributed by atoms with Gasteiger partial charge in [-0.25, -0.2) is 8.78 Å². The van der Waals surface area contributed by atoms with Gasteiger partial charge in [-0.15, -0.1) is 0 Å². The van der Waals surface area contributed by atoms with Crippen LogP contribution in [0.2, 0.25) is 0 Å². The SMILES string of the molecule is N#CCCN(C(=O)c1c(F)cccc1F)c1ccccc1. The maximum atomic E-state index is 13.7. The molecular formula is C16H12F2N2O. The molecule has 0 aliphatic rings. The number of halogens is 2. The molecule has 0 aliphatic carbocycles. The second-order valence-electron chi connectivity index (χ2n) is 4.30. The highest BCUT2D eigenvalue weighted by Crippen LogP contribution is 2.20. The number of rotatable bonds is 4. The lowest BCUT2D eigenvalue weighted by Gasteiger charge is -2.22. The maximum Gasteiger partial charge on any atom is 0.264 e. The Morgan fingerprint density at radius 3 is 2.24 bits per heavy atom. The summed E-state index contributed by atoms with van der Waals surface area (Å²) >= 11 is 0. The first-order valence-electron chi connectivity index (χ1n) is 6.33. The molecule has 2 aromatic carbocycles. The lowest BCUT2D eigenvalue weighted by Crippen LogP contribution is -2.33. The van der Waals surface area contributed by atoms with Gasteiger partial charge in [-0.05, 0) is 24.3 Å². The van der Waals surface area contributed by atoms with Crippen molar-refractivity contribution in [2.24, 2.45) is 0 Å². The van der Waals surface area contributed by atoms with E-state index < -0.39 is 23.1 Å². The minimum absolute atomic E-state index is 0.0626. The van der Waals surface area contributed by atoms with E-state index in [1.807, 2.05) is 6.07 Å². The molecule has 0 saturated heterocycles. The molecule has 2 aromatic rings. The maximum absolute atomic E-state index is 13.7. The average Bonchev–Trinajstić information content (AvgIpc) is 2.48. The smallest absolute Gasteiger partial charge is 0.264 e. The van der Waals surface area contributed by atoms with Crippen molar-refractivity contribution >= 4 is 11.6 Å². The number of hydrogen-bond donors (Lipinski definition) is 0. The molecule has 5 heteroatoms. The van der Waals surface area contributed by atoms with Crippen molar-refractivity contribution in [3.63, 3.8) is 0 Å². The van der Waals surface area contributed by atoms with Crippen molar-refractivity contribution in [1.82, 2.24) is 0 Å². The van der Waals surface area contributed by atoms with E-state index in [0.29, 0.717) is 5.69 Å². The van der Waals surface area contributed by atoms with Crippen molar-refractivity contribution in [2.75, 3.05) is 11.4 Å². The molecule has 0 heterocycles. The minimum atomic E-state index is -0.919. The van der Waals surface area contributed by atoms with Crippen LogP contribution in [0.15, 0.2) is 48.5 Å². The summed E-state index contributed by atoms with van der Waals surface area (Å²) in [5.74, 6) is -2.64. The van der Waals surface area contributed by atoms with Gasteiger partial charge in [0.1, 0.15) is 17.2 Å². The van der Waals surface area contributed by atoms with Gasteiger partial charge in [-0.3, -0.25) is 4.79 Å². The quantitative estimate of drug-likeness (QED) is 0.863. The standard InChI is InChI=1S/C16H12F2N2O/c17-13-8-4-9-14(18)15(13)16(21)20(11-5-10-19)12-6-2-1-3-7-12/h1-4,6-9H,5,11H2. The molecule has 21 heavy (non-hydrogen) atoms. The Morgan fingerprint density at radius 1 is 1.05 bits per heavy atom. The third kappa shape index (κ3) is 3.23. The molecule has 0 radical (unpaired) electrons. The molecule has 0 aliphatic heterocycles. The van der Waals surface area contributed by atoms with Crippen LogP contribution in [0.4, 0.5) is 14.5 Å². The summed E-state index contributed by atoms with van der Waals surface area (Å²) in [5.41, 5.74) is -0.125. The largest absolute Gasteiger partial charge is 0.307 e. The summed E-state index contributed by atoms with van der Waals surface area (Å²) in [6.07, 6.45) is 0.0662. The van der Waals surface area contributed by atoms with E-state index in [2.05, 4.69) is 0 Å². The van der Waals surface area contributed by atoms with Crippen LogP contribution < -0.4 is 4.90 Å². The number of carbonyl (C=O) groups excluding carboxylic acids is 1. The van der Waals surface area contributed by atoms with E-state index in [-0.39, 0.29) is 13.0 Å². The summed E-state index contributed by atoms with van der Waals surface area (Å²) in [6.45, 7) is 0.0626. The zero-order chi connectivity index (χ0) is 15.2. The van der Waals surface area contributed by atoms with Crippen molar-refractivity contribution in [2.45, 2.75) is 6.42 Å². The highest BCUT2D eigenvalue weighted by atomic mass is 19.1. The summed E-state index contributed by atoms with van der Waals surface area (Å²) < 4.78 is 27.5. The third-order valence-electron chi connectivity index (χ3n) is 2.94. The summed E-state index contributed by atoms with van der Waals surface area (Å²) in [4.78, 5) is 13.6. The Bertz CT molecular complexity index is 660. The van der Waals surface area contributed by atoms with E-state index in [1.165, 1.54) is 11.0 Å². The number of para-hydroxylation sites is 1. The number of anilines is 1. The number of carbonyl (C=O) groups is 1. The Hall–Kier alpha value is -2.74. The normalized spacial score (nSPS) is 9.95. The topological polar surface area (TPSA) is 44.1 Å². The fourth-order valence-corrected chi connectivity index (χ4v) is 1.95. The first kappa shape index (κ1) is 14.7. The van der Waals surface area contributed by atoms with Crippen LogP contribution in [-0.2, 0) is 0 Å². The van der Waals surface area contributed by atoms with Crippen molar-refractivity contribution in [3.8, 4) is 6.07 Å². The van der Waals surface area contributed by atoms with E-state index in [4.69, 9.17) is 5.26 Å². The molecule has 0 fully saturated rings. The number of hydrogen-bond acceptors (Lipinski definition) is 2. The minimum Gasteiger partial charge on any atom is -0.307 e. The Labute approximate surface area is 121 Å². The zero-order valence-corrected chi connectivity index (χ0v) is 11.1. The van der Waals surface area contributed by atoms with E-state index in [9.17, 15) is 13.6 Å². The van der Waals surface area contributed by atoms with Gasteiger partial charge in [0.05, 0.1) is 12.5 Å². The monoisotopic (exact) mass is 286 g/mol. The first-order valence-corrected chi connectivity index (χ1v) is 6.33. The first-order chi connectivity index (χ1) is 10.1. The summed E-state index contributed by atoms with van der Waals surface area (Å²) in [6, 6.07) is 13.7. The Morgan fingerprint density at radius 2 is 1.67 bits per heavy atom. The number of amides is 1. The van der Waals surface area contributed by atoms with E-state index >= 15 is 0 Å². The summed E-state index contributed by atoms with van der Waals surface area (Å²) in [7, 11) is 0. The van der Waals surface area contributed by atoms with Crippen LogP contribution in [-0.4, -0.2) is 12.5 Å². The van der Waals surface area contributed by atoms with Gasteiger partial charge in [0.2, 0.25) is 0 Å². The van der Waals surface area contributed by atoms with E-state index in [0.717, 1.165) is 12.1 Å². The van der Waals surface area contributed by atoms with Gasteiger partial charge in [0, 0.05) is 12.2 Å². The van der Waals surface area contributed by atoms with Crippen LogP contribution in [0.5, 0.6) is 0 Å². The van der Waals surface area contributed by atoms with Crippen LogP contribution >= 0.6 is 0 Å². The van der Waals surface area contributed by atoms with Gasteiger partial charge in [0.25, 0.3) is 5.91 Å². The molecule has 0 N–H and O–H groups in total. The fraction of sp³-hybridized carbons (Fsp3) is 0.125. The highest BCUT2D eigenvalue weighted by Gasteiger charge is 2.23. The highest BCUT2D eigenvalue weighted by molar-refractivity contribution is 6.06. The Balaban J connectivity index is 2.42. The second kappa shape index (κ2) is 6.62. The molecule has 0 saturated carbocycles. The van der Waals surface area contributed by atoms with Crippen LogP contribution in [0.1, 0.15) is 16.8 Å². The number of nitriles is 1. The molecule has 0 spiro atoms. The molecular weight excluding hydrogens is 274 g/mol. The van der Waals surface area contributed by atoms with Crippen molar-refractivity contribution in [1.29, 1.82) is 5.26 Å². The van der Waals surface area contributed by atoms with Crippen molar-refractivity contribution < 1.29 is 13.6 Å². The third-order valence-corrected chi connectivity index (χ3v) is 2.94. The predicted octanol–water partition coefficient (Wildman–Crippen LogP) is 3.53. The van der Waals surface area contributed by atoms with Gasteiger partial charge >= 0.3 is 0 Å². The molecule has 2 rings (SSSR count). The van der Waals surface area contributed by atoms with Gasteiger partial charge in [-0.2, -0.15) is 5.26 Å². The summed E-state index contributed by atoms with van der Waals surface area (Å²) in [5, 5.41) is 8.69. The molecule has 3 nitrogen and oxygen atoms in total. The van der Waals surface area contributed by atoms with Crippen LogP contribution in [0, 0.1) is 23.0 Å². The lowest BCUT2D eigenvalue weighted by molar-refractivity contribution is 0.0979. The fourth-order valence-electron chi connectivity index (χ4n) is 1.95. The van der Waals surface area contributed by atoms with Gasteiger partial charge in [-0.1, -0.05) is 24.3 Å². The molecule has 0 bridgehead atoms. The Kier molecular flexibility index (Phi) is 4.62. The van der Waals surface area contributed by atoms with E-state index in [1.54, 1.807) is 30.3 Å². The molecule has 0 atom stereocenters. The molecule has 0 unspecified atom stereocenters. The second-order valence-corrected chi connectivity index (χ2v) is 4.30. The van der Waals surface area contributed by atoms with Crippen LogP contribution in [0.3, 0.4) is 0 Å². The molecule has 1 amide bonds. The van der Waals surface area contributed by atoms with Crippen LogP contribution in [0.25, 0.3) is 0 Å². The van der Waals surface area contributed by atoms with Gasteiger partial charge < -0.3 is 4.90 Å².